The minimum atomic E-state index is 0.00469. The lowest BCUT2D eigenvalue weighted by Crippen LogP contribution is -2.02. The molecule has 0 amide bonds. The van der Waals surface area contributed by atoms with Gasteiger partial charge in [-0.1, -0.05) is 47.6 Å². The quantitative estimate of drug-likeness (QED) is 0.444. The number of benzene rings is 2. The van der Waals surface area contributed by atoms with Gasteiger partial charge in [0.2, 0.25) is 0 Å². The molecule has 2 heterocycles. The molecule has 0 aliphatic heterocycles. The molecule has 0 fully saturated rings. The lowest BCUT2D eigenvalue weighted by molar-refractivity contribution is 0.101. The van der Waals surface area contributed by atoms with Gasteiger partial charge in [0.15, 0.2) is 17.4 Å². The van der Waals surface area contributed by atoms with Gasteiger partial charge in [-0.2, -0.15) is 0 Å². The molecule has 144 valence electrons. The van der Waals surface area contributed by atoms with Gasteiger partial charge in [0.1, 0.15) is 17.4 Å². The Balaban J connectivity index is 1.71. The van der Waals surface area contributed by atoms with Crippen molar-refractivity contribution in [1.29, 1.82) is 0 Å². The fraction of sp³-hybridized carbons (Fsp3) is 0.0909. The minimum Gasteiger partial charge on any atom is -0.360 e. The van der Waals surface area contributed by atoms with Crippen molar-refractivity contribution in [3.63, 3.8) is 0 Å². The number of rotatable bonds is 6. The Hall–Kier alpha value is -4.00. The third-order valence-electron chi connectivity index (χ3n) is 4.18. The van der Waals surface area contributed by atoms with Gasteiger partial charge < -0.3 is 15.2 Å². The smallest absolute Gasteiger partial charge is 0.175 e. The molecule has 29 heavy (non-hydrogen) atoms. The zero-order valence-electron chi connectivity index (χ0n) is 16.0. The fourth-order valence-corrected chi connectivity index (χ4v) is 2.81. The third kappa shape index (κ3) is 4.47. The number of anilines is 4. The van der Waals surface area contributed by atoms with Crippen molar-refractivity contribution >= 4 is 28.9 Å². The number of nitrogens with zero attached hydrogens (tertiary/aromatic N) is 3. The fourth-order valence-electron chi connectivity index (χ4n) is 2.81. The van der Waals surface area contributed by atoms with Gasteiger partial charge in [0, 0.05) is 28.9 Å². The summed E-state index contributed by atoms with van der Waals surface area (Å²) < 4.78 is 5.11. The van der Waals surface area contributed by atoms with Gasteiger partial charge in [0.05, 0.1) is 0 Å². The number of aromatic nitrogens is 3. The SMILES string of the molecule is CC(=O)c1cccc(Nc2cc(Nc3cc(C)on3)nc(-c3ccccc3)n2)c1. The maximum atomic E-state index is 11.7. The molecule has 4 aromatic rings. The standard InChI is InChI=1S/C22H19N5O2/c1-14-11-21(27-29-14)24-20-13-19(23-18-10-6-9-17(12-18)15(2)28)25-22(26-20)16-7-4-3-5-8-16/h3-13H,1-2H3,(H2,23,24,25,26,27). The van der Waals surface area contributed by atoms with E-state index in [2.05, 4.69) is 25.8 Å². The Morgan fingerprint density at radius 3 is 2.31 bits per heavy atom. The zero-order valence-corrected chi connectivity index (χ0v) is 16.0. The van der Waals surface area contributed by atoms with Crippen molar-refractivity contribution in [3.05, 3.63) is 78.1 Å². The molecular formula is C22H19N5O2. The molecule has 0 spiro atoms. The van der Waals surface area contributed by atoms with Crippen LogP contribution in [0.1, 0.15) is 23.0 Å². The van der Waals surface area contributed by atoms with Crippen molar-refractivity contribution in [2.45, 2.75) is 13.8 Å². The van der Waals surface area contributed by atoms with E-state index < -0.39 is 0 Å². The van der Waals surface area contributed by atoms with E-state index in [1.807, 2.05) is 49.4 Å². The van der Waals surface area contributed by atoms with Crippen LogP contribution in [0.25, 0.3) is 11.4 Å². The highest BCUT2D eigenvalue weighted by atomic mass is 16.5. The Morgan fingerprint density at radius 2 is 1.62 bits per heavy atom. The normalized spacial score (nSPS) is 10.6. The lowest BCUT2D eigenvalue weighted by Gasteiger charge is -2.11. The zero-order chi connectivity index (χ0) is 20.2. The van der Waals surface area contributed by atoms with Crippen LogP contribution in [0.3, 0.4) is 0 Å². The monoisotopic (exact) mass is 385 g/mol. The molecule has 7 nitrogen and oxygen atoms in total. The number of ketones is 1. The van der Waals surface area contributed by atoms with Crippen LogP contribution >= 0.6 is 0 Å². The summed E-state index contributed by atoms with van der Waals surface area (Å²) in [6, 6.07) is 20.5. The molecule has 2 aromatic heterocycles. The molecule has 0 aliphatic carbocycles. The molecule has 0 aliphatic rings. The molecule has 0 bridgehead atoms. The Morgan fingerprint density at radius 1 is 0.862 bits per heavy atom. The third-order valence-corrected chi connectivity index (χ3v) is 4.18. The van der Waals surface area contributed by atoms with E-state index in [4.69, 9.17) is 4.52 Å². The van der Waals surface area contributed by atoms with Crippen molar-refractivity contribution in [1.82, 2.24) is 15.1 Å². The topological polar surface area (TPSA) is 92.9 Å². The van der Waals surface area contributed by atoms with E-state index in [0.717, 1.165) is 11.3 Å². The maximum Gasteiger partial charge on any atom is 0.175 e. The molecule has 2 aromatic carbocycles. The summed E-state index contributed by atoms with van der Waals surface area (Å²) in [4.78, 5) is 20.9. The number of aryl methyl sites for hydroxylation is 1. The highest BCUT2D eigenvalue weighted by Crippen LogP contribution is 2.25. The van der Waals surface area contributed by atoms with E-state index in [1.165, 1.54) is 0 Å². The molecule has 7 heteroatoms. The van der Waals surface area contributed by atoms with E-state index in [0.29, 0.717) is 34.6 Å². The number of nitrogens with one attached hydrogen (secondary N) is 2. The van der Waals surface area contributed by atoms with E-state index in [-0.39, 0.29) is 5.78 Å². The Bertz CT molecular complexity index is 1150. The van der Waals surface area contributed by atoms with Crippen LogP contribution in [0.15, 0.2) is 71.3 Å². The van der Waals surface area contributed by atoms with Crippen LogP contribution in [-0.4, -0.2) is 20.9 Å². The number of Topliss-reactive ketones (excluding diaryl/α,β-unsaturated/α-hetero) is 1. The number of carbonyl (C=O) groups is 1. The average Bonchev–Trinajstić information content (AvgIpc) is 3.13. The summed E-state index contributed by atoms with van der Waals surface area (Å²) >= 11 is 0. The second-order valence-corrected chi connectivity index (χ2v) is 6.54. The van der Waals surface area contributed by atoms with Gasteiger partial charge in [-0.05, 0) is 26.0 Å². The lowest BCUT2D eigenvalue weighted by atomic mass is 10.1. The summed E-state index contributed by atoms with van der Waals surface area (Å²) in [5.74, 6) is 2.97. The van der Waals surface area contributed by atoms with Crippen LogP contribution in [0.4, 0.5) is 23.1 Å². The summed E-state index contributed by atoms with van der Waals surface area (Å²) in [6.07, 6.45) is 0. The van der Waals surface area contributed by atoms with Gasteiger partial charge >= 0.3 is 0 Å². The van der Waals surface area contributed by atoms with Gasteiger partial charge in [-0.15, -0.1) is 0 Å². The average molecular weight is 385 g/mol. The summed E-state index contributed by atoms with van der Waals surface area (Å²) in [5, 5.41) is 10.3. The van der Waals surface area contributed by atoms with Crippen LogP contribution in [0.2, 0.25) is 0 Å². The highest BCUT2D eigenvalue weighted by molar-refractivity contribution is 5.95. The number of hydrogen-bond donors (Lipinski definition) is 2. The van der Waals surface area contributed by atoms with Gasteiger partial charge in [-0.25, -0.2) is 9.97 Å². The maximum absolute atomic E-state index is 11.7. The van der Waals surface area contributed by atoms with Crippen LogP contribution < -0.4 is 10.6 Å². The van der Waals surface area contributed by atoms with Crippen molar-refractivity contribution in [2.24, 2.45) is 0 Å². The molecule has 0 unspecified atom stereocenters. The predicted octanol–water partition coefficient (Wildman–Crippen LogP) is 5.13. The molecule has 0 atom stereocenters. The van der Waals surface area contributed by atoms with E-state index in [1.54, 1.807) is 31.2 Å². The van der Waals surface area contributed by atoms with E-state index in [9.17, 15) is 4.79 Å². The molecule has 0 radical (unpaired) electrons. The Kier molecular flexibility index (Phi) is 5.03. The highest BCUT2D eigenvalue weighted by Gasteiger charge is 2.10. The van der Waals surface area contributed by atoms with Gasteiger partial charge in [-0.3, -0.25) is 4.79 Å². The first-order valence-electron chi connectivity index (χ1n) is 9.10. The molecule has 4 rings (SSSR count). The first-order chi connectivity index (χ1) is 14.1. The van der Waals surface area contributed by atoms with E-state index >= 15 is 0 Å². The largest absolute Gasteiger partial charge is 0.360 e. The molecular weight excluding hydrogens is 366 g/mol. The van der Waals surface area contributed by atoms with Crippen LogP contribution in [0, 0.1) is 6.92 Å². The van der Waals surface area contributed by atoms with Crippen LogP contribution in [-0.2, 0) is 0 Å². The number of hydrogen-bond acceptors (Lipinski definition) is 7. The number of carbonyl (C=O) groups excluding carboxylic acids is 1. The Labute approximate surface area is 167 Å². The van der Waals surface area contributed by atoms with Crippen molar-refractivity contribution < 1.29 is 9.32 Å². The minimum absolute atomic E-state index is 0.00469. The second-order valence-electron chi connectivity index (χ2n) is 6.54. The summed E-state index contributed by atoms with van der Waals surface area (Å²) in [6.45, 7) is 3.36. The molecule has 0 saturated heterocycles. The van der Waals surface area contributed by atoms with Gasteiger partial charge in [0.25, 0.3) is 0 Å². The second kappa shape index (κ2) is 7.93. The predicted molar refractivity (Wildman–Crippen MR) is 112 cm³/mol. The summed E-state index contributed by atoms with van der Waals surface area (Å²) in [7, 11) is 0. The molecule has 0 saturated carbocycles. The van der Waals surface area contributed by atoms with Crippen LogP contribution in [0.5, 0.6) is 0 Å². The van der Waals surface area contributed by atoms with Crippen molar-refractivity contribution in [3.8, 4) is 11.4 Å². The first kappa shape index (κ1) is 18.4. The van der Waals surface area contributed by atoms with Crippen molar-refractivity contribution in [2.75, 3.05) is 10.6 Å². The molecule has 2 N–H and O–H groups in total. The summed E-state index contributed by atoms with van der Waals surface area (Å²) in [5.41, 5.74) is 2.27. The first-order valence-corrected chi connectivity index (χ1v) is 9.10.